The number of benzene rings is 9. The molecule has 0 saturated heterocycles. The van der Waals surface area contributed by atoms with Crippen molar-refractivity contribution in [1.29, 1.82) is 0 Å². The van der Waals surface area contributed by atoms with Crippen LogP contribution < -0.4 is 0 Å². The molecule has 0 atom stereocenters. The van der Waals surface area contributed by atoms with E-state index in [1.165, 1.54) is 87.6 Å². The van der Waals surface area contributed by atoms with Crippen molar-refractivity contribution in [3.8, 4) is 44.5 Å². The Morgan fingerprint density at radius 1 is 0.217 bits per heavy atom. The fraction of sp³-hybridized carbons (Fsp3) is 0. The fourth-order valence-corrected chi connectivity index (χ4v) is 7.42. The molecule has 0 aliphatic carbocycles. The van der Waals surface area contributed by atoms with Gasteiger partial charge in [0.25, 0.3) is 0 Å². The first-order valence-electron chi connectivity index (χ1n) is 15.9. The van der Waals surface area contributed by atoms with Crippen LogP contribution in [-0.4, -0.2) is 0 Å². The minimum Gasteiger partial charge on any atom is -0.0622 e. The summed E-state index contributed by atoms with van der Waals surface area (Å²) >= 11 is 0. The van der Waals surface area contributed by atoms with Crippen LogP contribution in [0.25, 0.3) is 87.6 Å². The number of hydrogen-bond acceptors (Lipinski definition) is 0. The first-order chi connectivity index (χ1) is 22.8. The van der Waals surface area contributed by atoms with Gasteiger partial charge < -0.3 is 0 Å². The SMILES string of the molecule is c1ccc(-c2ccccc2-c2c3ccccc3c(-c3ccccc3)c3cc(-c4cc5ccccc5c5ccccc45)ccc23)cc1. The van der Waals surface area contributed by atoms with Crippen molar-refractivity contribution in [2.75, 3.05) is 0 Å². The third-order valence-electron chi connectivity index (χ3n) is 9.45. The van der Waals surface area contributed by atoms with Gasteiger partial charge in [0.15, 0.2) is 0 Å². The topological polar surface area (TPSA) is 0 Å². The minimum atomic E-state index is 1.22. The summed E-state index contributed by atoms with van der Waals surface area (Å²) in [5, 5.41) is 10.2. The summed E-state index contributed by atoms with van der Waals surface area (Å²) in [6.45, 7) is 0. The fourth-order valence-electron chi connectivity index (χ4n) is 7.42. The second-order valence-electron chi connectivity index (χ2n) is 12.0. The first kappa shape index (κ1) is 26.4. The maximum Gasteiger partial charge on any atom is -0.00201 e. The van der Waals surface area contributed by atoms with Crippen molar-refractivity contribution in [2.45, 2.75) is 0 Å². The van der Waals surface area contributed by atoms with Gasteiger partial charge in [0.2, 0.25) is 0 Å². The Hall–Kier alpha value is -5.98. The predicted molar refractivity (Wildman–Crippen MR) is 198 cm³/mol. The van der Waals surface area contributed by atoms with E-state index in [1.54, 1.807) is 0 Å². The summed E-state index contributed by atoms with van der Waals surface area (Å²) in [5.41, 5.74) is 9.98. The van der Waals surface area contributed by atoms with Gasteiger partial charge in [0.05, 0.1) is 0 Å². The molecule has 0 heterocycles. The molecule has 0 spiro atoms. The molecule has 9 aromatic rings. The molecule has 0 bridgehead atoms. The van der Waals surface area contributed by atoms with Crippen LogP contribution in [0.5, 0.6) is 0 Å². The van der Waals surface area contributed by atoms with E-state index >= 15 is 0 Å². The largest absolute Gasteiger partial charge is 0.0622 e. The van der Waals surface area contributed by atoms with E-state index in [0.717, 1.165) is 0 Å². The van der Waals surface area contributed by atoms with Crippen LogP contribution in [0.2, 0.25) is 0 Å². The standard InChI is InChI=1S/C46H30/c1-3-15-31(16-4-1)35-20-9-12-24-39(35)46-41-26-14-13-25-40(41)45(32-17-5-2-6-18-32)44-30-34(27-28-42(44)46)43-29-33-19-7-8-21-36(33)37-22-10-11-23-38(37)43/h1-30H. The van der Waals surface area contributed by atoms with Crippen molar-refractivity contribution in [3.05, 3.63) is 182 Å². The number of rotatable bonds is 4. The van der Waals surface area contributed by atoms with Gasteiger partial charge >= 0.3 is 0 Å². The van der Waals surface area contributed by atoms with E-state index in [-0.39, 0.29) is 0 Å². The van der Waals surface area contributed by atoms with Crippen LogP contribution in [0.1, 0.15) is 0 Å². The molecule has 9 rings (SSSR count). The summed E-state index contributed by atoms with van der Waals surface area (Å²) in [6.07, 6.45) is 0. The van der Waals surface area contributed by atoms with Gasteiger partial charge in [-0.3, -0.25) is 0 Å². The van der Waals surface area contributed by atoms with Crippen molar-refractivity contribution in [1.82, 2.24) is 0 Å². The van der Waals surface area contributed by atoms with Crippen LogP contribution in [0, 0.1) is 0 Å². The van der Waals surface area contributed by atoms with Crippen LogP contribution >= 0.6 is 0 Å². The van der Waals surface area contributed by atoms with E-state index in [1.807, 2.05) is 0 Å². The van der Waals surface area contributed by atoms with Crippen LogP contribution in [0.15, 0.2) is 182 Å². The smallest absolute Gasteiger partial charge is 0.00201 e. The third kappa shape index (κ3) is 4.23. The van der Waals surface area contributed by atoms with E-state index in [4.69, 9.17) is 0 Å². The Morgan fingerprint density at radius 3 is 1.48 bits per heavy atom. The molecule has 0 unspecified atom stereocenters. The van der Waals surface area contributed by atoms with Crippen molar-refractivity contribution in [2.24, 2.45) is 0 Å². The minimum absolute atomic E-state index is 1.22. The molecule has 0 nitrogen and oxygen atoms in total. The highest BCUT2D eigenvalue weighted by Crippen LogP contribution is 2.47. The quantitative estimate of drug-likeness (QED) is 0.143. The van der Waals surface area contributed by atoms with Crippen LogP contribution in [-0.2, 0) is 0 Å². The van der Waals surface area contributed by atoms with Gasteiger partial charge in [-0.1, -0.05) is 170 Å². The Kier molecular flexibility index (Phi) is 6.25. The lowest BCUT2D eigenvalue weighted by molar-refractivity contribution is 1.60. The van der Waals surface area contributed by atoms with Gasteiger partial charge in [0.1, 0.15) is 0 Å². The molecule has 9 aromatic carbocycles. The number of hydrogen-bond donors (Lipinski definition) is 0. The molecule has 214 valence electrons. The average molecular weight is 583 g/mol. The highest BCUT2D eigenvalue weighted by molar-refractivity contribution is 6.23. The van der Waals surface area contributed by atoms with Gasteiger partial charge in [-0.15, -0.1) is 0 Å². The lowest BCUT2D eigenvalue weighted by atomic mass is 9.82. The lowest BCUT2D eigenvalue weighted by Crippen LogP contribution is -1.93. The second-order valence-corrected chi connectivity index (χ2v) is 12.0. The van der Waals surface area contributed by atoms with Crippen molar-refractivity contribution in [3.63, 3.8) is 0 Å². The summed E-state index contributed by atoms with van der Waals surface area (Å²) in [7, 11) is 0. The molecular weight excluding hydrogens is 553 g/mol. The maximum absolute atomic E-state index is 2.44. The van der Waals surface area contributed by atoms with Crippen LogP contribution in [0.3, 0.4) is 0 Å². The molecule has 0 amide bonds. The van der Waals surface area contributed by atoms with Gasteiger partial charge in [-0.2, -0.15) is 0 Å². The molecule has 0 saturated carbocycles. The maximum atomic E-state index is 2.44. The highest BCUT2D eigenvalue weighted by atomic mass is 14.2. The lowest BCUT2D eigenvalue weighted by Gasteiger charge is -2.21. The van der Waals surface area contributed by atoms with Crippen molar-refractivity contribution < 1.29 is 0 Å². The summed E-state index contributed by atoms with van der Waals surface area (Å²) < 4.78 is 0. The van der Waals surface area contributed by atoms with Crippen LogP contribution in [0.4, 0.5) is 0 Å². The zero-order valence-electron chi connectivity index (χ0n) is 25.3. The first-order valence-corrected chi connectivity index (χ1v) is 15.9. The van der Waals surface area contributed by atoms with Gasteiger partial charge in [0, 0.05) is 0 Å². The zero-order valence-corrected chi connectivity index (χ0v) is 25.3. The normalized spacial score (nSPS) is 11.5. The van der Waals surface area contributed by atoms with Gasteiger partial charge in [-0.05, 0) is 99.7 Å². The van der Waals surface area contributed by atoms with Crippen molar-refractivity contribution >= 4 is 43.1 Å². The number of fused-ring (bicyclic) bond motifs is 5. The van der Waals surface area contributed by atoms with Gasteiger partial charge in [-0.25, -0.2) is 0 Å². The summed E-state index contributed by atoms with van der Waals surface area (Å²) in [4.78, 5) is 0. The second kappa shape index (κ2) is 10.9. The van der Waals surface area contributed by atoms with E-state index < -0.39 is 0 Å². The molecule has 0 aromatic heterocycles. The predicted octanol–water partition coefficient (Wildman–Crippen LogP) is 13.0. The molecule has 0 N–H and O–H groups in total. The molecule has 46 heavy (non-hydrogen) atoms. The molecule has 0 heteroatoms. The monoisotopic (exact) mass is 582 g/mol. The Morgan fingerprint density at radius 2 is 0.739 bits per heavy atom. The Balaban J connectivity index is 1.42. The van der Waals surface area contributed by atoms with E-state index in [9.17, 15) is 0 Å². The summed E-state index contributed by atoms with van der Waals surface area (Å²) in [6, 6.07) is 66.5. The molecule has 0 aliphatic rings. The Labute approximate surface area is 268 Å². The van der Waals surface area contributed by atoms with E-state index in [2.05, 4.69) is 182 Å². The molecule has 0 radical (unpaired) electrons. The zero-order chi connectivity index (χ0) is 30.5. The average Bonchev–Trinajstić information content (AvgIpc) is 3.14. The molecule has 0 aliphatic heterocycles. The molecule has 0 fully saturated rings. The Bertz CT molecular complexity index is 2560. The third-order valence-corrected chi connectivity index (χ3v) is 9.45. The van der Waals surface area contributed by atoms with E-state index in [0.29, 0.717) is 0 Å². The highest BCUT2D eigenvalue weighted by Gasteiger charge is 2.20. The molecular formula is C46H30. The summed E-state index contributed by atoms with van der Waals surface area (Å²) in [5.74, 6) is 0.